The number of ether oxygens (including phenoxy) is 1. The van der Waals surface area contributed by atoms with E-state index in [2.05, 4.69) is 10.1 Å². The summed E-state index contributed by atoms with van der Waals surface area (Å²) in [5.74, 6) is -3.27. The molecule has 3 rings (SSSR count). The molecule has 0 aliphatic heterocycles. The first-order valence-electron chi connectivity index (χ1n) is 9.92. The summed E-state index contributed by atoms with van der Waals surface area (Å²) in [6.45, 7) is 1.88. The summed E-state index contributed by atoms with van der Waals surface area (Å²) in [4.78, 5) is 12.5. The van der Waals surface area contributed by atoms with Crippen LogP contribution in [0.4, 0.5) is 22.0 Å². The minimum atomic E-state index is -4.77. The van der Waals surface area contributed by atoms with Gasteiger partial charge in [0.1, 0.15) is 22.9 Å². The molecule has 0 heterocycles. The Morgan fingerprint density at radius 3 is 2.15 bits per heavy atom. The van der Waals surface area contributed by atoms with Crippen molar-refractivity contribution in [3.8, 4) is 16.9 Å². The highest BCUT2D eigenvalue weighted by atomic mass is 35.5. The lowest BCUT2D eigenvalue weighted by Gasteiger charge is -2.21. The highest BCUT2D eigenvalue weighted by Crippen LogP contribution is 2.30. The smallest absolute Gasteiger partial charge is 0.406 e. The van der Waals surface area contributed by atoms with Crippen molar-refractivity contribution < 1.29 is 31.5 Å². The van der Waals surface area contributed by atoms with Crippen LogP contribution in [-0.2, 0) is 6.42 Å². The number of rotatable bonds is 7. The largest absolute Gasteiger partial charge is 0.573 e. The van der Waals surface area contributed by atoms with Gasteiger partial charge >= 0.3 is 6.36 Å². The highest BCUT2D eigenvalue weighted by Gasteiger charge is 2.31. The van der Waals surface area contributed by atoms with Gasteiger partial charge < -0.3 is 10.1 Å². The molecule has 3 nitrogen and oxygen atoms in total. The van der Waals surface area contributed by atoms with Gasteiger partial charge in [-0.25, -0.2) is 8.78 Å². The van der Waals surface area contributed by atoms with Gasteiger partial charge in [-0.1, -0.05) is 43.3 Å². The Bertz CT molecular complexity index is 1110. The number of aryl methyl sites for hydroxylation is 1. The second kappa shape index (κ2) is 10.2. The summed E-state index contributed by atoms with van der Waals surface area (Å²) in [6, 6.07) is 13.1. The molecule has 1 amide bonds. The van der Waals surface area contributed by atoms with E-state index in [1.807, 2.05) is 13.0 Å². The van der Waals surface area contributed by atoms with Crippen LogP contribution < -0.4 is 10.1 Å². The maximum atomic E-state index is 14.0. The van der Waals surface area contributed by atoms with Crippen LogP contribution >= 0.6 is 11.6 Å². The molecule has 0 fully saturated rings. The van der Waals surface area contributed by atoms with E-state index in [9.17, 15) is 26.7 Å². The molecule has 3 aromatic rings. The Hall–Kier alpha value is -3.13. The minimum Gasteiger partial charge on any atom is -0.406 e. The first-order valence-corrected chi connectivity index (χ1v) is 10.5. The highest BCUT2D eigenvalue weighted by molar-refractivity contribution is 6.18. The number of benzene rings is 3. The summed E-state index contributed by atoms with van der Waals surface area (Å²) in [5, 5.41) is 2.57. The van der Waals surface area contributed by atoms with Crippen molar-refractivity contribution in [3.63, 3.8) is 0 Å². The van der Waals surface area contributed by atoms with Crippen molar-refractivity contribution in [2.75, 3.05) is 5.88 Å². The van der Waals surface area contributed by atoms with Crippen molar-refractivity contribution >= 4 is 17.5 Å². The summed E-state index contributed by atoms with van der Waals surface area (Å²) < 4.78 is 68.9. The molecule has 0 aliphatic carbocycles. The summed E-state index contributed by atoms with van der Waals surface area (Å²) in [5.41, 5.74) is 2.17. The number of carbonyl (C=O) groups is 1. The Morgan fingerprint density at radius 1 is 1.00 bits per heavy atom. The monoisotopic (exact) mass is 483 g/mol. The van der Waals surface area contributed by atoms with Gasteiger partial charge in [0.2, 0.25) is 0 Å². The van der Waals surface area contributed by atoms with Crippen molar-refractivity contribution in [2.45, 2.75) is 25.7 Å². The summed E-state index contributed by atoms with van der Waals surface area (Å²) >= 11 is 6.06. The third-order valence-corrected chi connectivity index (χ3v) is 5.28. The van der Waals surface area contributed by atoms with Crippen LogP contribution in [0, 0.1) is 11.6 Å². The van der Waals surface area contributed by atoms with Crippen LogP contribution in [0.15, 0.2) is 60.7 Å². The first kappa shape index (κ1) is 24.5. The van der Waals surface area contributed by atoms with Crippen LogP contribution in [0.1, 0.15) is 34.5 Å². The number of alkyl halides is 4. The first-order chi connectivity index (χ1) is 15.6. The molecule has 0 aromatic heterocycles. The van der Waals surface area contributed by atoms with Gasteiger partial charge in [-0.05, 0) is 52.9 Å². The van der Waals surface area contributed by atoms with E-state index in [1.165, 1.54) is 24.3 Å². The zero-order chi connectivity index (χ0) is 24.2. The number of halogens is 6. The zero-order valence-corrected chi connectivity index (χ0v) is 18.1. The van der Waals surface area contributed by atoms with Crippen molar-refractivity contribution in [1.82, 2.24) is 5.32 Å². The molecule has 33 heavy (non-hydrogen) atoms. The standard InChI is InChI=1S/C24H19ClF5NO2/c1-2-14-12-16(15-6-9-17(10-7-15)33-24(28,29)30)8-11-18(14)21(13-25)31-23(32)22-19(26)4-3-5-20(22)27/h3-12,21H,2,13H2,1H3,(H,31,32). The number of hydrogen-bond donors (Lipinski definition) is 1. The van der Waals surface area contributed by atoms with Crippen LogP contribution in [0.2, 0.25) is 0 Å². The van der Waals surface area contributed by atoms with Gasteiger partial charge in [0, 0.05) is 5.88 Å². The molecule has 9 heteroatoms. The molecule has 1 unspecified atom stereocenters. The lowest BCUT2D eigenvalue weighted by molar-refractivity contribution is -0.274. The van der Waals surface area contributed by atoms with E-state index in [0.29, 0.717) is 17.5 Å². The molecule has 0 radical (unpaired) electrons. The number of hydrogen-bond acceptors (Lipinski definition) is 2. The minimum absolute atomic E-state index is 0.0440. The van der Waals surface area contributed by atoms with Crippen LogP contribution in [0.3, 0.4) is 0 Å². The van der Waals surface area contributed by atoms with E-state index in [4.69, 9.17) is 11.6 Å². The van der Waals surface area contributed by atoms with E-state index in [1.54, 1.807) is 12.1 Å². The Labute approximate surface area is 192 Å². The van der Waals surface area contributed by atoms with E-state index >= 15 is 0 Å². The lowest BCUT2D eigenvalue weighted by atomic mass is 9.94. The number of amides is 1. The molecular weight excluding hydrogens is 465 g/mol. The maximum Gasteiger partial charge on any atom is 0.573 e. The third-order valence-electron chi connectivity index (χ3n) is 4.97. The number of carbonyl (C=O) groups excluding carboxylic acids is 1. The summed E-state index contributed by atoms with van der Waals surface area (Å²) in [7, 11) is 0. The van der Waals surface area contributed by atoms with E-state index < -0.39 is 35.5 Å². The van der Waals surface area contributed by atoms with Gasteiger partial charge in [-0.15, -0.1) is 24.8 Å². The second-order valence-corrected chi connectivity index (χ2v) is 7.42. The molecule has 0 saturated carbocycles. The van der Waals surface area contributed by atoms with Gasteiger partial charge in [0.15, 0.2) is 0 Å². The average molecular weight is 484 g/mol. The van der Waals surface area contributed by atoms with Crippen molar-refractivity contribution in [1.29, 1.82) is 0 Å². The molecule has 0 aliphatic rings. The molecule has 0 saturated heterocycles. The molecule has 0 bridgehead atoms. The van der Waals surface area contributed by atoms with E-state index in [0.717, 1.165) is 29.3 Å². The van der Waals surface area contributed by atoms with E-state index in [-0.39, 0.29) is 11.6 Å². The Balaban J connectivity index is 1.85. The van der Waals surface area contributed by atoms with Crippen molar-refractivity contribution in [2.24, 2.45) is 0 Å². The van der Waals surface area contributed by atoms with Gasteiger partial charge in [-0.3, -0.25) is 4.79 Å². The topological polar surface area (TPSA) is 38.3 Å². The quantitative estimate of drug-likeness (QED) is 0.296. The molecular formula is C24H19ClF5NO2. The third kappa shape index (κ3) is 6.01. The van der Waals surface area contributed by atoms with Gasteiger partial charge in [0.25, 0.3) is 5.91 Å². The predicted molar refractivity (Wildman–Crippen MR) is 115 cm³/mol. The predicted octanol–water partition coefficient (Wildman–Crippen LogP) is 6.80. The zero-order valence-electron chi connectivity index (χ0n) is 17.3. The Kier molecular flexibility index (Phi) is 7.58. The van der Waals surface area contributed by atoms with Crippen molar-refractivity contribution in [3.05, 3.63) is 89.0 Å². The van der Waals surface area contributed by atoms with Gasteiger partial charge in [-0.2, -0.15) is 0 Å². The number of nitrogens with one attached hydrogen (secondary N) is 1. The molecule has 0 spiro atoms. The van der Waals surface area contributed by atoms with Gasteiger partial charge in [0.05, 0.1) is 6.04 Å². The fourth-order valence-corrected chi connectivity index (χ4v) is 3.67. The van der Waals surface area contributed by atoms with Crippen LogP contribution in [0.5, 0.6) is 5.75 Å². The second-order valence-electron chi connectivity index (χ2n) is 7.12. The van der Waals surface area contributed by atoms with Crippen LogP contribution in [0.25, 0.3) is 11.1 Å². The maximum absolute atomic E-state index is 14.0. The molecule has 3 aromatic carbocycles. The molecule has 1 atom stereocenters. The summed E-state index contributed by atoms with van der Waals surface area (Å²) in [6.07, 6.45) is -4.22. The SMILES string of the molecule is CCc1cc(-c2ccc(OC(F)(F)F)cc2)ccc1C(CCl)NC(=O)c1c(F)cccc1F. The van der Waals surface area contributed by atoms with Crippen LogP contribution in [-0.4, -0.2) is 18.1 Å². The Morgan fingerprint density at radius 2 is 1.61 bits per heavy atom. The average Bonchev–Trinajstić information content (AvgIpc) is 2.76. The molecule has 1 N–H and O–H groups in total. The molecule has 174 valence electrons. The fraction of sp³-hybridized carbons (Fsp3) is 0.208. The lowest BCUT2D eigenvalue weighted by Crippen LogP contribution is -2.31. The fourth-order valence-electron chi connectivity index (χ4n) is 3.43. The normalized spacial score (nSPS) is 12.3.